The van der Waals surface area contributed by atoms with Gasteiger partial charge in [0, 0.05) is 25.0 Å². The van der Waals surface area contributed by atoms with Gasteiger partial charge in [-0.1, -0.05) is 6.92 Å². The predicted molar refractivity (Wildman–Crippen MR) is 70.7 cm³/mol. The van der Waals surface area contributed by atoms with Crippen LogP contribution < -0.4 is 11.1 Å². The highest BCUT2D eigenvalue weighted by Crippen LogP contribution is 2.11. The number of imidazole rings is 1. The second-order valence-corrected chi connectivity index (χ2v) is 4.38. The molecular weight excluding hydrogens is 246 g/mol. The van der Waals surface area contributed by atoms with Gasteiger partial charge >= 0.3 is 0 Å². The van der Waals surface area contributed by atoms with Gasteiger partial charge in [-0.2, -0.15) is 15.0 Å². The molecule has 0 fully saturated rings. The van der Waals surface area contributed by atoms with E-state index in [0.717, 1.165) is 0 Å². The molecule has 0 aliphatic carbocycles. The number of nitrogens with one attached hydrogen (secondary N) is 1. The molecule has 0 spiro atoms. The SMILES string of the molecule is CC(CO)C(C)Nc1nc(N)nc(-n2ccnc2)n1. The number of rotatable bonds is 5. The van der Waals surface area contributed by atoms with Crippen LogP contribution in [0.2, 0.25) is 0 Å². The molecule has 8 heteroatoms. The van der Waals surface area contributed by atoms with Crippen molar-refractivity contribution in [2.75, 3.05) is 17.7 Å². The first kappa shape index (κ1) is 13.2. The monoisotopic (exact) mass is 263 g/mol. The molecule has 0 aliphatic heterocycles. The molecular formula is C11H17N7O. The smallest absolute Gasteiger partial charge is 0.241 e. The number of nitrogen functional groups attached to an aromatic ring is 1. The summed E-state index contributed by atoms with van der Waals surface area (Å²) >= 11 is 0. The van der Waals surface area contributed by atoms with Crippen LogP contribution in [0.5, 0.6) is 0 Å². The van der Waals surface area contributed by atoms with E-state index in [2.05, 4.69) is 25.3 Å². The number of aromatic nitrogens is 5. The number of nitrogens with zero attached hydrogens (tertiary/aromatic N) is 5. The normalized spacial score (nSPS) is 14.1. The molecule has 0 bridgehead atoms. The molecule has 19 heavy (non-hydrogen) atoms. The van der Waals surface area contributed by atoms with Crippen LogP contribution in [-0.2, 0) is 0 Å². The van der Waals surface area contributed by atoms with Crippen LogP contribution in [0.4, 0.5) is 11.9 Å². The molecule has 0 aliphatic rings. The largest absolute Gasteiger partial charge is 0.396 e. The van der Waals surface area contributed by atoms with Gasteiger partial charge in [-0.25, -0.2) is 4.98 Å². The number of nitrogens with two attached hydrogens (primary N) is 1. The second-order valence-electron chi connectivity index (χ2n) is 4.38. The zero-order valence-electron chi connectivity index (χ0n) is 10.9. The van der Waals surface area contributed by atoms with Gasteiger partial charge in [0.05, 0.1) is 0 Å². The molecule has 2 atom stereocenters. The van der Waals surface area contributed by atoms with Crippen molar-refractivity contribution in [1.82, 2.24) is 24.5 Å². The number of hydrogen-bond donors (Lipinski definition) is 3. The maximum Gasteiger partial charge on any atom is 0.241 e. The van der Waals surface area contributed by atoms with Crippen LogP contribution in [0.25, 0.3) is 5.95 Å². The number of aliphatic hydroxyl groups excluding tert-OH is 1. The molecule has 0 radical (unpaired) electrons. The minimum absolute atomic E-state index is 0.0161. The van der Waals surface area contributed by atoms with Gasteiger partial charge in [0.1, 0.15) is 6.33 Å². The van der Waals surface area contributed by atoms with Gasteiger partial charge in [-0.3, -0.25) is 4.57 Å². The Morgan fingerprint density at radius 1 is 1.37 bits per heavy atom. The van der Waals surface area contributed by atoms with Gasteiger partial charge in [0.25, 0.3) is 0 Å². The summed E-state index contributed by atoms with van der Waals surface area (Å²) in [6.07, 6.45) is 4.93. The summed E-state index contributed by atoms with van der Waals surface area (Å²) in [5, 5.41) is 12.2. The van der Waals surface area contributed by atoms with Crippen LogP contribution in [0.15, 0.2) is 18.7 Å². The molecule has 0 saturated carbocycles. The predicted octanol–water partition coefficient (Wildman–Crippen LogP) is 0.0683. The summed E-state index contributed by atoms with van der Waals surface area (Å²) < 4.78 is 1.64. The summed E-state index contributed by atoms with van der Waals surface area (Å²) in [6, 6.07) is 0.0161. The minimum atomic E-state index is 0.0161. The average Bonchev–Trinajstić information content (AvgIpc) is 2.90. The summed E-state index contributed by atoms with van der Waals surface area (Å²) in [5.41, 5.74) is 5.66. The van der Waals surface area contributed by atoms with Crippen molar-refractivity contribution >= 4 is 11.9 Å². The van der Waals surface area contributed by atoms with Crippen LogP contribution in [0.1, 0.15) is 13.8 Å². The van der Waals surface area contributed by atoms with E-state index in [1.807, 2.05) is 13.8 Å². The first-order chi connectivity index (χ1) is 9.10. The number of hydrogen-bond acceptors (Lipinski definition) is 7. The molecule has 2 rings (SSSR count). The Morgan fingerprint density at radius 3 is 2.79 bits per heavy atom. The van der Waals surface area contributed by atoms with E-state index in [1.165, 1.54) is 0 Å². The zero-order valence-corrected chi connectivity index (χ0v) is 10.9. The minimum Gasteiger partial charge on any atom is -0.396 e. The van der Waals surface area contributed by atoms with Gasteiger partial charge < -0.3 is 16.2 Å². The lowest BCUT2D eigenvalue weighted by atomic mass is 10.1. The lowest BCUT2D eigenvalue weighted by molar-refractivity contribution is 0.226. The fraction of sp³-hybridized carbons (Fsp3) is 0.455. The summed E-state index contributed by atoms with van der Waals surface area (Å²) in [6.45, 7) is 3.96. The first-order valence-electron chi connectivity index (χ1n) is 5.97. The molecule has 0 saturated heterocycles. The summed E-state index contributed by atoms with van der Waals surface area (Å²) in [7, 11) is 0. The molecule has 2 unspecified atom stereocenters. The van der Waals surface area contributed by atoms with Crippen molar-refractivity contribution in [2.45, 2.75) is 19.9 Å². The van der Waals surface area contributed by atoms with E-state index in [1.54, 1.807) is 23.3 Å². The summed E-state index contributed by atoms with van der Waals surface area (Å²) in [4.78, 5) is 16.3. The highest BCUT2D eigenvalue weighted by Gasteiger charge is 2.13. The molecule has 2 aromatic heterocycles. The highest BCUT2D eigenvalue weighted by molar-refractivity contribution is 5.35. The first-order valence-corrected chi connectivity index (χ1v) is 5.97. The topological polar surface area (TPSA) is 115 Å². The van der Waals surface area contributed by atoms with E-state index in [4.69, 9.17) is 10.8 Å². The molecule has 0 aromatic carbocycles. The van der Waals surface area contributed by atoms with E-state index < -0.39 is 0 Å². The quantitative estimate of drug-likeness (QED) is 0.699. The van der Waals surface area contributed by atoms with Crippen LogP contribution in [0, 0.1) is 5.92 Å². The van der Waals surface area contributed by atoms with E-state index in [9.17, 15) is 0 Å². The van der Waals surface area contributed by atoms with Crippen LogP contribution >= 0.6 is 0 Å². The Bertz CT molecular complexity index is 528. The lowest BCUT2D eigenvalue weighted by Crippen LogP contribution is -2.27. The molecule has 2 aromatic rings. The van der Waals surface area contributed by atoms with Gasteiger partial charge in [0.15, 0.2) is 0 Å². The van der Waals surface area contributed by atoms with E-state index in [0.29, 0.717) is 11.9 Å². The van der Waals surface area contributed by atoms with Gasteiger partial charge in [-0.05, 0) is 12.8 Å². The fourth-order valence-corrected chi connectivity index (χ4v) is 1.44. The Labute approximate surface area is 110 Å². The Balaban J connectivity index is 2.22. The highest BCUT2D eigenvalue weighted by atomic mass is 16.3. The van der Waals surface area contributed by atoms with E-state index in [-0.39, 0.29) is 24.5 Å². The molecule has 4 N–H and O–H groups in total. The molecule has 2 heterocycles. The second kappa shape index (κ2) is 5.61. The van der Waals surface area contributed by atoms with Crippen molar-refractivity contribution in [3.8, 4) is 5.95 Å². The average molecular weight is 263 g/mol. The maximum atomic E-state index is 9.11. The van der Waals surface area contributed by atoms with E-state index >= 15 is 0 Å². The van der Waals surface area contributed by atoms with Crippen LogP contribution in [0.3, 0.4) is 0 Å². The third kappa shape index (κ3) is 3.16. The Hall–Kier alpha value is -2.22. The van der Waals surface area contributed by atoms with Gasteiger partial charge in [0.2, 0.25) is 17.8 Å². The standard InChI is InChI=1S/C11H17N7O/c1-7(5-19)8(2)14-10-15-9(12)16-11(17-10)18-4-3-13-6-18/h3-4,6-8,19H,5H2,1-2H3,(H3,12,14,15,16,17). The number of anilines is 2. The van der Waals surface area contributed by atoms with Crippen molar-refractivity contribution in [3.05, 3.63) is 18.7 Å². The Morgan fingerprint density at radius 2 is 2.16 bits per heavy atom. The third-order valence-corrected chi connectivity index (χ3v) is 2.87. The lowest BCUT2D eigenvalue weighted by Gasteiger charge is -2.19. The maximum absolute atomic E-state index is 9.11. The number of aliphatic hydroxyl groups is 1. The molecule has 8 nitrogen and oxygen atoms in total. The van der Waals surface area contributed by atoms with Crippen molar-refractivity contribution in [3.63, 3.8) is 0 Å². The van der Waals surface area contributed by atoms with Gasteiger partial charge in [-0.15, -0.1) is 0 Å². The fourth-order valence-electron chi connectivity index (χ4n) is 1.44. The van der Waals surface area contributed by atoms with Crippen LogP contribution in [-0.4, -0.2) is 42.3 Å². The molecule has 0 amide bonds. The zero-order chi connectivity index (χ0) is 13.8. The Kier molecular flexibility index (Phi) is 3.91. The third-order valence-electron chi connectivity index (χ3n) is 2.87. The molecule has 102 valence electrons. The summed E-state index contributed by atoms with van der Waals surface area (Å²) in [5.74, 6) is 0.986. The van der Waals surface area contributed by atoms with Crippen molar-refractivity contribution < 1.29 is 5.11 Å². The van der Waals surface area contributed by atoms with Crippen molar-refractivity contribution in [2.24, 2.45) is 5.92 Å². The van der Waals surface area contributed by atoms with Crippen molar-refractivity contribution in [1.29, 1.82) is 0 Å².